The van der Waals surface area contributed by atoms with E-state index in [1.54, 1.807) is 11.8 Å². The van der Waals surface area contributed by atoms with Gasteiger partial charge in [0.25, 0.3) is 5.79 Å². The quantitative estimate of drug-likeness (QED) is 0.618. The first kappa shape index (κ1) is 18.4. The predicted molar refractivity (Wildman–Crippen MR) is 114 cm³/mol. The van der Waals surface area contributed by atoms with Gasteiger partial charge in [0.05, 0.1) is 22.0 Å². The largest absolute Gasteiger partial charge is 0.448 e. The van der Waals surface area contributed by atoms with E-state index in [0.29, 0.717) is 11.5 Å². The lowest BCUT2D eigenvalue weighted by atomic mass is 10.2. The third-order valence-electron chi connectivity index (χ3n) is 5.44. The number of amides is 1. The third-order valence-corrected chi connectivity index (χ3v) is 6.59. The fourth-order valence-corrected chi connectivity index (χ4v) is 4.67. The number of para-hydroxylation sites is 2. The second-order valence-electron chi connectivity index (χ2n) is 7.62. The molecule has 6 nitrogen and oxygen atoms in total. The topological polar surface area (TPSA) is 76.2 Å². The Bertz CT molecular complexity index is 1030. The van der Waals surface area contributed by atoms with Crippen molar-refractivity contribution >= 4 is 34.4 Å². The molecule has 1 saturated carbocycles. The Kier molecular flexibility index (Phi) is 4.62. The van der Waals surface area contributed by atoms with Crippen LogP contribution in [0, 0.1) is 0 Å². The molecular formula is C22H23N3O3S. The highest BCUT2D eigenvalue weighted by atomic mass is 32.2. The van der Waals surface area contributed by atoms with E-state index >= 15 is 0 Å². The fourth-order valence-electron chi connectivity index (χ4n) is 3.93. The fraction of sp³-hybridized carbons (Fsp3) is 0.364. The molecule has 0 radical (unpaired) electrons. The van der Waals surface area contributed by atoms with E-state index in [1.807, 2.05) is 42.5 Å². The molecule has 1 unspecified atom stereocenters. The Labute approximate surface area is 173 Å². The Morgan fingerprint density at radius 1 is 1.21 bits per heavy atom. The number of carbonyl (C=O) groups is 1. The van der Waals surface area contributed by atoms with Crippen LogP contribution < -0.4 is 14.8 Å². The highest BCUT2D eigenvalue weighted by molar-refractivity contribution is 8.00. The van der Waals surface area contributed by atoms with E-state index in [0.717, 1.165) is 54.0 Å². The second kappa shape index (κ2) is 7.30. The number of nitrogens with zero attached hydrogens (tertiary/aromatic N) is 1. The van der Waals surface area contributed by atoms with Crippen molar-refractivity contribution in [1.82, 2.24) is 9.97 Å². The van der Waals surface area contributed by atoms with Crippen LogP contribution in [0.4, 0.5) is 5.69 Å². The highest BCUT2D eigenvalue weighted by Gasteiger charge is 2.44. The minimum atomic E-state index is -0.483. The standard InChI is InChI=1S/C22H23N3O3S/c1-14(21-24-16-6-2-3-7-17(16)25-21)29-13-20(26)23-15-8-9-18-19(12-15)28-22(27-18)10-4-5-11-22/h2-3,6-9,12,14H,4-5,10-11,13H2,1H3,(H,23,26)(H,24,25). The zero-order valence-corrected chi connectivity index (χ0v) is 17.1. The molecule has 2 aromatic carbocycles. The summed E-state index contributed by atoms with van der Waals surface area (Å²) in [6.45, 7) is 2.05. The van der Waals surface area contributed by atoms with Gasteiger partial charge in [-0.2, -0.15) is 0 Å². The van der Waals surface area contributed by atoms with Crippen molar-refractivity contribution in [3.8, 4) is 11.5 Å². The number of rotatable bonds is 5. The first-order valence-electron chi connectivity index (χ1n) is 9.98. The van der Waals surface area contributed by atoms with Crippen molar-refractivity contribution in [2.75, 3.05) is 11.1 Å². The summed E-state index contributed by atoms with van der Waals surface area (Å²) in [4.78, 5) is 20.4. The van der Waals surface area contributed by atoms with Crippen molar-refractivity contribution in [1.29, 1.82) is 0 Å². The molecular weight excluding hydrogens is 386 g/mol. The molecule has 2 aliphatic rings. The molecule has 0 saturated heterocycles. The van der Waals surface area contributed by atoms with Crippen LogP contribution in [0.25, 0.3) is 11.0 Å². The summed E-state index contributed by atoms with van der Waals surface area (Å²) in [6.07, 6.45) is 4.08. The van der Waals surface area contributed by atoms with Crippen LogP contribution in [0.1, 0.15) is 43.7 Å². The van der Waals surface area contributed by atoms with Crippen molar-refractivity contribution in [2.45, 2.75) is 43.6 Å². The molecule has 1 fully saturated rings. The van der Waals surface area contributed by atoms with E-state index in [2.05, 4.69) is 22.2 Å². The summed E-state index contributed by atoms with van der Waals surface area (Å²) in [5, 5.41) is 3.05. The monoisotopic (exact) mass is 409 g/mol. The van der Waals surface area contributed by atoms with Crippen LogP contribution in [0.5, 0.6) is 11.5 Å². The van der Waals surface area contributed by atoms with Gasteiger partial charge < -0.3 is 19.8 Å². The molecule has 7 heteroatoms. The minimum Gasteiger partial charge on any atom is -0.448 e. The van der Waals surface area contributed by atoms with Crippen LogP contribution in [0.15, 0.2) is 42.5 Å². The second-order valence-corrected chi connectivity index (χ2v) is 8.95. The number of ether oxygens (including phenoxy) is 2. The number of nitrogens with one attached hydrogen (secondary N) is 2. The number of H-pyrrole nitrogens is 1. The molecule has 3 aromatic rings. The van der Waals surface area contributed by atoms with Gasteiger partial charge in [-0.15, -0.1) is 11.8 Å². The summed E-state index contributed by atoms with van der Waals surface area (Å²) < 4.78 is 12.1. The molecule has 29 heavy (non-hydrogen) atoms. The first-order chi connectivity index (χ1) is 14.1. The number of imidazole rings is 1. The van der Waals surface area contributed by atoms with Crippen LogP contribution in [0.3, 0.4) is 0 Å². The normalized spacial score (nSPS) is 17.7. The number of thioether (sulfide) groups is 1. The molecule has 1 atom stereocenters. The number of carbonyl (C=O) groups excluding carboxylic acids is 1. The Morgan fingerprint density at radius 2 is 2.00 bits per heavy atom. The predicted octanol–water partition coefficient (Wildman–Crippen LogP) is 5.04. The Morgan fingerprint density at radius 3 is 2.83 bits per heavy atom. The van der Waals surface area contributed by atoms with E-state index in [1.165, 1.54) is 0 Å². The maximum atomic E-state index is 12.4. The number of aromatic amines is 1. The van der Waals surface area contributed by atoms with Crippen LogP contribution in [0.2, 0.25) is 0 Å². The van der Waals surface area contributed by atoms with Gasteiger partial charge in [-0.1, -0.05) is 12.1 Å². The van der Waals surface area contributed by atoms with Crippen molar-refractivity contribution in [3.63, 3.8) is 0 Å². The Hall–Kier alpha value is -2.67. The maximum Gasteiger partial charge on any atom is 0.251 e. The number of anilines is 1. The van der Waals surface area contributed by atoms with Gasteiger partial charge in [0.2, 0.25) is 5.91 Å². The van der Waals surface area contributed by atoms with Gasteiger partial charge in [-0.25, -0.2) is 4.98 Å². The van der Waals surface area contributed by atoms with Crippen molar-refractivity contribution < 1.29 is 14.3 Å². The number of fused-ring (bicyclic) bond motifs is 2. The van der Waals surface area contributed by atoms with E-state index < -0.39 is 5.79 Å². The average molecular weight is 410 g/mol. The molecule has 5 rings (SSSR count). The molecule has 2 heterocycles. The Balaban J connectivity index is 1.18. The van der Waals surface area contributed by atoms with Crippen LogP contribution in [-0.2, 0) is 4.79 Å². The van der Waals surface area contributed by atoms with Gasteiger partial charge >= 0.3 is 0 Å². The molecule has 1 aliphatic heterocycles. The summed E-state index contributed by atoms with van der Waals surface area (Å²) >= 11 is 1.55. The lowest BCUT2D eigenvalue weighted by molar-refractivity contribution is -0.113. The molecule has 1 aliphatic carbocycles. The van der Waals surface area contributed by atoms with Crippen molar-refractivity contribution in [2.24, 2.45) is 0 Å². The van der Waals surface area contributed by atoms with Crippen LogP contribution in [-0.4, -0.2) is 27.4 Å². The minimum absolute atomic E-state index is 0.0487. The van der Waals surface area contributed by atoms with Crippen molar-refractivity contribution in [3.05, 3.63) is 48.3 Å². The third kappa shape index (κ3) is 3.67. The number of hydrogen-bond acceptors (Lipinski definition) is 5. The van der Waals surface area contributed by atoms with Gasteiger partial charge in [0.1, 0.15) is 5.82 Å². The number of hydrogen-bond donors (Lipinski definition) is 2. The lowest BCUT2D eigenvalue weighted by Gasteiger charge is -2.21. The van der Waals surface area contributed by atoms with E-state index in [-0.39, 0.29) is 11.2 Å². The summed E-state index contributed by atoms with van der Waals surface area (Å²) in [7, 11) is 0. The number of benzene rings is 2. The van der Waals surface area contributed by atoms with Crippen LogP contribution >= 0.6 is 11.8 Å². The molecule has 2 N–H and O–H groups in total. The molecule has 150 valence electrons. The van der Waals surface area contributed by atoms with Gasteiger partial charge in [-0.3, -0.25) is 4.79 Å². The molecule has 1 spiro atoms. The summed E-state index contributed by atoms with van der Waals surface area (Å²) in [6, 6.07) is 13.5. The average Bonchev–Trinajstić information content (AvgIpc) is 3.43. The van der Waals surface area contributed by atoms with Gasteiger partial charge in [0.15, 0.2) is 11.5 Å². The summed E-state index contributed by atoms with van der Waals surface area (Å²) in [5.74, 6) is 2.17. The SMILES string of the molecule is CC(SCC(=O)Nc1ccc2c(c1)OC1(CCCC1)O2)c1nc2ccccc2[nH]1. The molecule has 0 bridgehead atoms. The maximum absolute atomic E-state index is 12.4. The first-order valence-corrected chi connectivity index (χ1v) is 11.0. The highest BCUT2D eigenvalue weighted by Crippen LogP contribution is 2.47. The molecule has 1 amide bonds. The summed E-state index contributed by atoms with van der Waals surface area (Å²) in [5.41, 5.74) is 2.68. The zero-order chi connectivity index (χ0) is 19.8. The number of aromatic nitrogens is 2. The lowest BCUT2D eigenvalue weighted by Crippen LogP contribution is -2.34. The molecule has 1 aromatic heterocycles. The van der Waals surface area contributed by atoms with Gasteiger partial charge in [0, 0.05) is 24.6 Å². The smallest absolute Gasteiger partial charge is 0.251 e. The zero-order valence-electron chi connectivity index (χ0n) is 16.2. The van der Waals surface area contributed by atoms with Gasteiger partial charge in [-0.05, 0) is 44.0 Å². The van der Waals surface area contributed by atoms with E-state index in [4.69, 9.17) is 9.47 Å². The van der Waals surface area contributed by atoms with E-state index in [9.17, 15) is 4.79 Å².